The standard InChI is InChI=1S/C22H28N4O6/c1-30-16-9-12(10-17(31-2)19(16)32-3)14-11-15(25-24-14)18-20(27)23-22(29)26(21(18)28)13-7-5-4-6-8-13/h9-10,13-14,24,28H,4-8,11H2,1-3H3,(H,23,27,29). The van der Waals surface area contributed by atoms with Crippen molar-refractivity contribution in [1.29, 1.82) is 0 Å². The van der Waals surface area contributed by atoms with Crippen molar-refractivity contribution < 1.29 is 19.3 Å². The molecule has 1 atom stereocenters. The summed E-state index contributed by atoms with van der Waals surface area (Å²) in [5, 5.41) is 15.2. The molecule has 172 valence electrons. The van der Waals surface area contributed by atoms with Gasteiger partial charge in [-0.25, -0.2) is 4.79 Å². The molecular weight excluding hydrogens is 416 g/mol. The summed E-state index contributed by atoms with van der Waals surface area (Å²) >= 11 is 0. The van der Waals surface area contributed by atoms with Crippen molar-refractivity contribution in [2.75, 3.05) is 21.3 Å². The van der Waals surface area contributed by atoms with Gasteiger partial charge in [-0.05, 0) is 30.5 Å². The molecule has 4 rings (SSSR count). The second-order valence-electron chi connectivity index (χ2n) is 8.02. The van der Waals surface area contributed by atoms with Gasteiger partial charge in [0.05, 0.1) is 33.1 Å². The third-order valence-electron chi connectivity index (χ3n) is 6.19. The average molecular weight is 444 g/mol. The van der Waals surface area contributed by atoms with Crippen LogP contribution in [0.15, 0.2) is 26.8 Å². The van der Waals surface area contributed by atoms with Gasteiger partial charge >= 0.3 is 5.69 Å². The fourth-order valence-electron chi connectivity index (χ4n) is 4.57. The van der Waals surface area contributed by atoms with Gasteiger partial charge in [-0.2, -0.15) is 5.10 Å². The summed E-state index contributed by atoms with van der Waals surface area (Å²) in [5.74, 6) is 1.16. The second-order valence-corrected chi connectivity index (χ2v) is 8.02. The van der Waals surface area contributed by atoms with Gasteiger partial charge in [0.1, 0.15) is 5.56 Å². The Hall–Kier alpha value is -3.43. The molecule has 0 amide bonds. The summed E-state index contributed by atoms with van der Waals surface area (Å²) in [6.07, 6.45) is 4.98. The molecule has 1 aromatic carbocycles. The van der Waals surface area contributed by atoms with E-state index in [0.717, 1.165) is 37.7 Å². The lowest BCUT2D eigenvalue weighted by Gasteiger charge is -2.25. The number of nitrogens with zero attached hydrogens (tertiary/aromatic N) is 2. The number of rotatable bonds is 6. The first-order valence-electron chi connectivity index (χ1n) is 10.7. The molecule has 32 heavy (non-hydrogen) atoms. The van der Waals surface area contributed by atoms with Crippen molar-refractivity contribution in [2.24, 2.45) is 5.10 Å². The van der Waals surface area contributed by atoms with Crippen molar-refractivity contribution in [3.8, 4) is 23.1 Å². The molecular formula is C22H28N4O6. The molecule has 2 aromatic rings. The number of aromatic nitrogens is 2. The maximum Gasteiger partial charge on any atom is 0.331 e. The van der Waals surface area contributed by atoms with Gasteiger partial charge in [0.2, 0.25) is 11.6 Å². The van der Waals surface area contributed by atoms with Crippen LogP contribution in [0.25, 0.3) is 0 Å². The Morgan fingerprint density at radius 2 is 1.69 bits per heavy atom. The Bertz CT molecular complexity index is 1120. The smallest absolute Gasteiger partial charge is 0.331 e. The van der Waals surface area contributed by atoms with Gasteiger partial charge in [-0.3, -0.25) is 14.3 Å². The van der Waals surface area contributed by atoms with Crippen LogP contribution in [0.1, 0.15) is 61.7 Å². The van der Waals surface area contributed by atoms with Crippen LogP contribution in [0.2, 0.25) is 0 Å². The summed E-state index contributed by atoms with van der Waals surface area (Å²) in [7, 11) is 4.61. The first kappa shape index (κ1) is 21.8. The molecule has 0 bridgehead atoms. The summed E-state index contributed by atoms with van der Waals surface area (Å²) in [6, 6.07) is 3.20. The number of aromatic amines is 1. The summed E-state index contributed by atoms with van der Waals surface area (Å²) in [5.41, 5.74) is 3.00. The lowest BCUT2D eigenvalue weighted by molar-refractivity contribution is 0.298. The fraction of sp³-hybridized carbons (Fsp3) is 0.500. The Morgan fingerprint density at radius 1 is 1.03 bits per heavy atom. The molecule has 1 aliphatic heterocycles. The van der Waals surface area contributed by atoms with Gasteiger partial charge in [0, 0.05) is 12.5 Å². The van der Waals surface area contributed by atoms with Crippen LogP contribution in [0, 0.1) is 0 Å². The third kappa shape index (κ3) is 3.80. The lowest BCUT2D eigenvalue weighted by atomic mass is 9.95. The topological polar surface area (TPSA) is 127 Å². The first-order valence-corrected chi connectivity index (χ1v) is 10.7. The van der Waals surface area contributed by atoms with E-state index >= 15 is 0 Å². The van der Waals surface area contributed by atoms with Crippen molar-refractivity contribution in [2.45, 2.75) is 50.6 Å². The molecule has 1 aliphatic carbocycles. The van der Waals surface area contributed by atoms with E-state index in [9.17, 15) is 14.7 Å². The predicted octanol–water partition coefficient (Wildman–Crippen LogP) is 2.21. The zero-order chi connectivity index (χ0) is 22.8. The molecule has 1 aromatic heterocycles. The van der Waals surface area contributed by atoms with Gasteiger partial charge in [-0.15, -0.1) is 0 Å². The van der Waals surface area contributed by atoms with Crippen molar-refractivity contribution in [3.63, 3.8) is 0 Å². The van der Waals surface area contributed by atoms with Crippen LogP contribution in [-0.4, -0.2) is 41.7 Å². The van der Waals surface area contributed by atoms with Gasteiger partial charge in [0.15, 0.2) is 11.5 Å². The number of benzene rings is 1. The molecule has 1 fully saturated rings. The maximum atomic E-state index is 12.6. The Kier molecular flexibility index (Phi) is 6.11. The Morgan fingerprint density at radius 3 is 2.28 bits per heavy atom. The van der Waals surface area contributed by atoms with Crippen LogP contribution in [0.5, 0.6) is 23.1 Å². The molecule has 0 radical (unpaired) electrons. The van der Waals surface area contributed by atoms with Crippen LogP contribution in [0.3, 0.4) is 0 Å². The van der Waals surface area contributed by atoms with E-state index in [4.69, 9.17) is 14.2 Å². The summed E-state index contributed by atoms with van der Waals surface area (Å²) in [6.45, 7) is 0. The highest BCUT2D eigenvalue weighted by Gasteiger charge is 2.30. The predicted molar refractivity (Wildman–Crippen MR) is 118 cm³/mol. The number of H-pyrrole nitrogens is 1. The summed E-state index contributed by atoms with van der Waals surface area (Å²) < 4.78 is 17.5. The summed E-state index contributed by atoms with van der Waals surface area (Å²) in [4.78, 5) is 27.4. The lowest BCUT2D eigenvalue weighted by Crippen LogP contribution is -2.36. The minimum Gasteiger partial charge on any atom is -0.494 e. The Balaban J connectivity index is 1.67. The molecule has 10 nitrogen and oxygen atoms in total. The van der Waals surface area contributed by atoms with Crippen LogP contribution < -0.4 is 30.9 Å². The fourth-order valence-corrected chi connectivity index (χ4v) is 4.57. The van der Waals surface area contributed by atoms with Crippen LogP contribution in [-0.2, 0) is 0 Å². The SMILES string of the molecule is COc1cc(C2CC(c3c(O)n(C4CCCCC4)c(=O)[nH]c3=O)=NN2)cc(OC)c1OC. The van der Waals surface area contributed by atoms with Crippen LogP contribution in [0.4, 0.5) is 0 Å². The van der Waals surface area contributed by atoms with Crippen molar-refractivity contribution >= 4 is 5.71 Å². The van der Waals surface area contributed by atoms with E-state index in [0.29, 0.717) is 29.4 Å². The van der Waals surface area contributed by atoms with Crippen LogP contribution >= 0.6 is 0 Å². The maximum absolute atomic E-state index is 12.6. The van der Waals surface area contributed by atoms with E-state index in [2.05, 4.69) is 15.5 Å². The molecule has 0 saturated heterocycles. The number of methoxy groups -OCH3 is 3. The molecule has 10 heteroatoms. The zero-order valence-corrected chi connectivity index (χ0v) is 18.4. The highest BCUT2D eigenvalue weighted by Crippen LogP contribution is 2.41. The molecule has 3 N–H and O–H groups in total. The van der Waals surface area contributed by atoms with E-state index in [1.807, 2.05) is 12.1 Å². The molecule has 0 spiro atoms. The average Bonchev–Trinajstić information content (AvgIpc) is 3.28. The molecule has 1 unspecified atom stereocenters. The number of ether oxygens (including phenoxy) is 3. The number of hydrogen-bond donors (Lipinski definition) is 3. The van der Waals surface area contributed by atoms with E-state index in [1.165, 1.54) is 25.9 Å². The number of aromatic hydroxyl groups is 1. The molecule has 2 heterocycles. The van der Waals surface area contributed by atoms with Gasteiger partial charge < -0.3 is 24.7 Å². The second kappa shape index (κ2) is 8.97. The largest absolute Gasteiger partial charge is 0.494 e. The molecule has 1 saturated carbocycles. The number of hydrazone groups is 1. The Labute approximate surface area is 184 Å². The van der Waals surface area contributed by atoms with E-state index in [1.54, 1.807) is 0 Å². The minimum absolute atomic E-state index is 0.0256. The quantitative estimate of drug-likeness (QED) is 0.623. The number of hydrogen-bond acceptors (Lipinski definition) is 8. The zero-order valence-electron chi connectivity index (χ0n) is 18.4. The van der Waals surface area contributed by atoms with E-state index in [-0.39, 0.29) is 23.5 Å². The van der Waals surface area contributed by atoms with Crippen molar-refractivity contribution in [3.05, 3.63) is 44.1 Å². The highest BCUT2D eigenvalue weighted by atomic mass is 16.5. The van der Waals surface area contributed by atoms with Crippen molar-refractivity contribution in [1.82, 2.24) is 15.0 Å². The minimum atomic E-state index is -0.648. The normalized spacial score (nSPS) is 18.7. The third-order valence-corrected chi connectivity index (χ3v) is 6.19. The van der Waals surface area contributed by atoms with Gasteiger partial charge in [0.25, 0.3) is 5.56 Å². The van der Waals surface area contributed by atoms with Gasteiger partial charge in [-0.1, -0.05) is 19.3 Å². The first-order chi connectivity index (χ1) is 15.5. The number of nitrogens with one attached hydrogen (secondary N) is 2. The highest BCUT2D eigenvalue weighted by molar-refractivity contribution is 6.03. The van der Waals surface area contributed by atoms with E-state index < -0.39 is 11.2 Å². The molecule has 2 aliphatic rings. The monoisotopic (exact) mass is 444 g/mol.